The van der Waals surface area contributed by atoms with Gasteiger partial charge in [-0.05, 0) is 50.5 Å². The van der Waals surface area contributed by atoms with Crippen LogP contribution in [0.25, 0.3) is 0 Å². The zero-order valence-corrected chi connectivity index (χ0v) is 18.5. The van der Waals surface area contributed by atoms with E-state index in [2.05, 4.69) is 0 Å². The largest absolute Gasteiger partial charge is 0.488 e. The number of hydrogen-bond acceptors (Lipinski definition) is 5. The first kappa shape index (κ1) is 23.5. The van der Waals surface area contributed by atoms with E-state index in [0.29, 0.717) is 25.3 Å². The monoisotopic (exact) mass is 444 g/mol. The van der Waals surface area contributed by atoms with Crippen molar-refractivity contribution in [1.82, 2.24) is 9.47 Å². The van der Waals surface area contributed by atoms with Crippen LogP contribution in [0, 0.1) is 5.82 Å². The van der Waals surface area contributed by atoms with Crippen molar-refractivity contribution >= 4 is 11.9 Å². The number of esters is 1. The fourth-order valence-corrected chi connectivity index (χ4v) is 3.79. The van der Waals surface area contributed by atoms with Crippen LogP contribution in [-0.2, 0) is 11.3 Å². The Morgan fingerprint density at radius 3 is 2.59 bits per heavy atom. The second kappa shape index (κ2) is 10.9. The van der Waals surface area contributed by atoms with E-state index in [4.69, 9.17) is 9.47 Å². The molecule has 8 heteroatoms. The van der Waals surface area contributed by atoms with Gasteiger partial charge in [0.15, 0.2) is 5.75 Å². The van der Waals surface area contributed by atoms with Gasteiger partial charge in [-0.15, -0.1) is 0 Å². The Labute approximate surface area is 186 Å². The van der Waals surface area contributed by atoms with Crippen LogP contribution in [-0.4, -0.2) is 47.1 Å². The van der Waals surface area contributed by atoms with Crippen molar-refractivity contribution in [3.63, 3.8) is 0 Å². The summed E-state index contributed by atoms with van der Waals surface area (Å²) in [6, 6.07) is 5.36. The van der Waals surface area contributed by atoms with E-state index in [1.807, 2.05) is 6.92 Å². The molecule has 1 aliphatic rings. The van der Waals surface area contributed by atoms with Gasteiger partial charge in [0.2, 0.25) is 5.43 Å². The SMILES string of the molecule is CCCCOc1cn(C[C@@H]2CCCN2C(=O)c2ccc(F)cc2)cc(C(=O)OCC)c1=O. The summed E-state index contributed by atoms with van der Waals surface area (Å²) in [5.41, 5.74) is -0.161. The first-order valence-electron chi connectivity index (χ1n) is 11.0. The Morgan fingerprint density at radius 2 is 1.91 bits per heavy atom. The van der Waals surface area contributed by atoms with Gasteiger partial charge in [-0.3, -0.25) is 9.59 Å². The lowest BCUT2D eigenvalue weighted by Gasteiger charge is -2.26. The average Bonchev–Trinajstić information content (AvgIpc) is 3.24. The third kappa shape index (κ3) is 5.55. The van der Waals surface area contributed by atoms with Crippen LogP contribution in [0.3, 0.4) is 0 Å². The average molecular weight is 445 g/mol. The standard InChI is InChI=1S/C24H29FN2O5/c1-3-5-13-32-21-16-26(15-20(22(21)28)24(30)31-4-2)14-19-7-6-12-27(19)23(29)17-8-10-18(25)11-9-17/h8-11,15-16,19H,3-7,12-14H2,1-2H3/t19-/m0/s1. The van der Waals surface area contributed by atoms with Crippen molar-refractivity contribution in [3.8, 4) is 5.75 Å². The van der Waals surface area contributed by atoms with E-state index >= 15 is 0 Å². The molecule has 1 aromatic carbocycles. The van der Waals surface area contributed by atoms with Crippen molar-refractivity contribution in [2.75, 3.05) is 19.8 Å². The first-order valence-corrected chi connectivity index (χ1v) is 11.0. The summed E-state index contributed by atoms with van der Waals surface area (Å²) in [4.78, 5) is 39.8. The summed E-state index contributed by atoms with van der Waals surface area (Å²) in [6.45, 7) is 5.20. The molecule has 1 aromatic heterocycles. The molecule has 32 heavy (non-hydrogen) atoms. The lowest BCUT2D eigenvalue weighted by Crippen LogP contribution is -2.38. The predicted molar refractivity (Wildman–Crippen MR) is 118 cm³/mol. The molecule has 0 bridgehead atoms. The van der Waals surface area contributed by atoms with E-state index in [9.17, 15) is 18.8 Å². The summed E-state index contributed by atoms with van der Waals surface area (Å²) < 4.78 is 25.6. The smallest absolute Gasteiger partial charge is 0.343 e. The molecule has 7 nitrogen and oxygen atoms in total. The van der Waals surface area contributed by atoms with Crippen LogP contribution in [0.2, 0.25) is 0 Å². The highest BCUT2D eigenvalue weighted by Gasteiger charge is 2.30. The van der Waals surface area contributed by atoms with Crippen molar-refractivity contribution in [3.05, 3.63) is 63.8 Å². The minimum absolute atomic E-state index is 0.0877. The Hall–Kier alpha value is -3.16. The summed E-state index contributed by atoms with van der Waals surface area (Å²) in [5.74, 6) is -1.16. The predicted octanol–water partition coefficient (Wildman–Crippen LogP) is 3.65. The lowest BCUT2D eigenvalue weighted by atomic mass is 10.1. The molecule has 3 rings (SSSR count). The number of hydrogen-bond donors (Lipinski definition) is 0. The second-order valence-corrected chi connectivity index (χ2v) is 7.79. The highest BCUT2D eigenvalue weighted by atomic mass is 19.1. The molecule has 1 amide bonds. The normalized spacial score (nSPS) is 15.6. The fourth-order valence-electron chi connectivity index (χ4n) is 3.79. The molecule has 172 valence electrons. The molecule has 0 saturated carbocycles. The quantitative estimate of drug-likeness (QED) is 0.436. The minimum Gasteiger partial charge on any atom is -0.488 e. The van der Waals surface area contributed by atoms with Gasteiger partial charge in [-0.2, -0.15) is 0 Å². The Balaban J connectivity index is 1.85. The molecule has 0 spiro atoms. The molecule has 0 unspecified atom stereocenters. The zero-order valence-electron chi connectivity index (χ0n) is 18.5. The molecular formula is C24H29FN2O5. The Kier molecular flexibility index (Phi) is 8.03. The number of unbranched alkanes of at least 4 members (excludes halogenated alkanes) is 1. The molecule has 0 radical (unpaired) electrons. The number of benzene rings is 1. The van der Waals surface area contributed by atoms with Gasteiger partial charge in [-0.1, -0.05) is 13.3 Å². The summed E-state index contributed by atoms with van der Waals surface area (Å²) >= 11 is 0. The number of ether oxygens (including phenoxy) is 2. The summed E-state index contributed by atoms with van der Waals surface area (Å²) in [5, 5.41) is 0. The lowest BCUT2D eigenvalue weighted by molar-refractivity contribution is 0.0521. The van der Waals surface area contributed by atoms with Gasteiger partial charge < -0.3 is 18.9 Å². The van der Waals surface area contributed by atoms with Crippen molar-refractivity contribution in [2.45, 2.75) is 52.1 Å². The molecule has 1 saturated heterocycles. The van der Waals surface area contributed by atoms with Gasteiger partial charge >= 0.3 is 5.97 Å². The maximum atomic E-state index is 13.2. The Bertz CT molecular complexity index is 1000. The van der Waals surface area contributed by atoms with E-state index in [1.54, 1.807) is 22.6 Å². The third-order valence-electron chi connectivity index (χ3n) is 5.45. The summed E-state index contributed by atoms with van der Waals surface area (Å²) in [7, 11) is 0. The minimum atomic E-state index is -0.696. The molecule has 0 N–H and O–H groups in total. The van der Waals surface area contributed by atoms with Crippen LogP contribution < -0.4 is 10.2 Å². The van der Waals surface area contributed by atoms with Crippen molar-refractivity contribution < 1.29 is 23.5 Å². The number of carbonyl (C=O) groups is 2. The highest BCUT2D eigenvalue weighted by molar-refractivity contribution is 5.94. The number of carbonyl (C=O) groups excluding carboxylic acids is 2. The van der Waals surface area contributed by atoms with Crippen LogP contribution >= 0.6 is 0 Å². The number of halogens is 1. The highest BCUT2D eigenvalue weighted by Crippen LogP contribution is 2.22. The number of amides is 1. The second-order valence-electron chi connectivity index (χ2n) is 7.79. The molecular weight excluding hydrogens is 415 g/mol. The van der Waals surface area contributed by atoms with E-state index in [-0.39, 0.29) is 29.9 Å². The van der Waals surface area contributed by atoms with E-state index in [1.165, 1.54) is 30.5 Å². The zero-order chi connectivity index (χ0) is 23.1. The van der Waals surface area contributed by atoms with Gasteiger partial charge in [0.1, 0.15) is 11.4 Å². The first-order chi connectivity index (χ1) is 15.4. The van der Waals surface area contributed by atoms with Crippen LogP contribution in [0.5, 0.6) is 5.75 Å². The topological polar surface area (TPSA) is 77.8 Å². The Morgan fingerprint density at radius 1 is 1.16 bits per heavy atom. The van der Waals surface area contributed by atoms with Gasteiger partial charge in [0, 0.05) is 30.9 Å². The third-order valence-corrected chi connectivity index (χ3v) is 5.45. The molecule has 2 aromatic rings. The van der Waals surface area contributed by atoms with Crippen molar-refractivity contribution in [1.29, 1.82) is 0 Å². The molecule has 1 aliphatic heterocycles. The van der Waals surface area contributed by atoms with E-state index < -0.39 is 17.2 Å². The number of pyridine rings is 1. The number of likely N-dealkylation sites (tertiary alicyclic amines) is 1. The molecule has 1 atom stereocenters. The van der Waals surface area contributed by atoms with Gasteiger partial charge in [0.05, 0.1) is 19.4 Å². The maximum Gasteiger partial charge on any atom is 0.343 e. The van der Waals surface area contributed by atoms with Crippen LogP contribution in [0.15, 0.2) is 41.5 Å². The van der Waals surface area contributed by atoms with Crippen LogP contribution in [0.4, 0.5) is 4.39 Å². The van der Waals surface area contributed by atoms with Crippen molar-refractivity contribution in [2.24, 2.45) is 0 Å². The summed E-state index contributed by atoms with van der Waals surface area (Å²) in [6.07, 6.45) is 6.35. The molecule has 1 fully saturated rings. The van der Waals surface area contributed by atoms with Gasteiger partial charge in [0.25, 0.3) is 5.91 Å². The maximum absolute atomic E-state index is 13.2. The van der Waals surface area contributed by atoms with E-state index in [0.717, 1.165) is 25.7 Å². The molecule has 0 aliphatic carbocycles. The van der Waals surface area contributed by atoms with Crippen LogP contribution in [0.1, 0.15) is 60.2 Å². The number of aromatic nitrogens is 1. The van der Waals surface area contributed by atoms with Gasteiger partial charge in [-0.25, -0.2) is 9.18 Å². The number of nitrogens with zero attached hydrogens (tertiary/aromatic N) is 2. The fraction of sp³-hybridized carbons (Fsp3) is 0.458. The molecule has 2 heterocycles. The number of rotatable bonds is 9.